The summed E-state index contributed by atoms with van der Waals surface area (Å²) in [5.41, 5.74) is 0.318. The van der Waals surface area contributed by atoms with E-state index >= 15 is 0 Å². The Hall–Kier alpha value is -1.49. The number of benzene rings is 1. The molecular formula is C17H19BrO4. The van der Waals surface area contributed by atoms with Crippen LogP contribution in [-0.4, -0.2) is 24.6 Å². The highest BCUT2D eigenvalue weighted by atomic mass is 79.9. The van der Waals surface area contributed by atoms with Gasteiger partial charge in [0.15, 0.2) is 5.78 Å². The van der Waals surface area contributed by atoms with Crippen molar-refractivity contribution in [2.24, 2.45) is 11.3 Å². The standard InChI is InChI=1S/C17H19BrO4/c1-10-4-6-12(18)8-13(10)15(20)11-5-7-14(19)17(2,9-11)16(21)22-3/h4,6,8,11H,5,7,9H2,1-3H3. The molecule has 0 bridgehead atoms. The normalized spacial score (nSPS) is 24.9. The molecule has 1 aliphatic rings. The summed E-state index contributed by atoms with van der Waals surface area (Å²) in [6, 6.07) is 5.56. The highest BCUT2D eigenvalue weighted by Gasteiger charge is 2.48. The second-order valence-electron chi connectivity index (χ2n) is 6.01. The molecule has 2 rings (SSSR count). The number of carbonyl (C=O) groups is 3. The maximum atomic E-state index is 12.8. The van der Waals surface area contributed by atoms with Crippen molar-refractivity contribution in [1.29, 1.82) is 0 Å². The van der Waals surface area contributed by atoms with Crippen molar-refractivity contribution < 1.29 is 19.1 Å². The molecule has 118 valence electrons. The monoisotopic (exact) mass is 366 g/mol. The van der Waals surface area contributed by atoms with Crippen molar-refractivity contribution in [1.82, 2.24) is 0 Å². The number of Topliss-reactive ketones (excluding diaryl/α,β-unsaturated/α-hetero) is 2. The maximum Gasteiger partial charge on any atom is 0.319 e. The van der Waals surface area contributed by atoms with E-state index in [0.717, 1.165) is 10.0 Å². The highest BCUT2D eigenvalue weighted by molar-refractivity contribution is 9.10. The van der Waals surface area contributed by atoms with E-state index in [4.69, 9.17) is 4.74 Å². The zero-order chi connectivity index (χ0) is 16.5. The van der Waals surface area contributed by atoms with E-state index in [2.05, 4.69) is 15.9 Å². The van der Waals surface area contributed by atoms with Crippen molar-refractivity contribution in [3.05, 3.63) is 33.8 Å². The SMILES string of the molecule is COC(=O)C1(C)CC(C(=O)c2cc(Br)ccc2C)CCC1=O. The lowest BCUT2D eigenvalue weighted by Gasteiger charge is -2.33. The number of methoxy groups -OCH3 is 1. The molecule has 0 N–H and O–H groups in total. The van der Waals surface area contributed by atoms with Crippen LogP contribution in [-0.2, 0) is 14.3 Å². The average molecular weight is 367 g/mol. The van der Waals surface area contributed by atoms with E-state index in [1.54, 1.807) is 13.0 Å². The van der Waals surface area contributed by atoms with Crippen LogP contribution < -0.4 is 0 Å². The van der Waals surface area contributed by atoms with Gasteiger partial charge >= 0.3 is 5.97 Å². The minimum atomic E-state index is -1.22. The second-order valence-corrected chi connectivity index (χ2v) is 6.93. The predicted molar refractivity (Wildman–Crippen MR) is 85.7 cm³/mol. The first-order valence-electron chi connectivity index (χ1n) is 7.21. The zero-order valence-electron chi connectivity index (χ0n) is 12.9. The van der Waals surface area contributed by atoms with Gasteiger partial charge in [0.05, 0.1) is 7.11 Å². The van der Waals surface area contributed by atoms with Gasteiger partial charge in [-0.3, -0.25) is 14.4 Å². The molecule has 4 nitrogen and oxygen atoms in total. The Morgan fingerprint density at radius 1 is 1.36 bits per heavy atom. The van der Waals surface area contributed by atoms with Crippen LogP contribution in [0.3, 0.4) is 0 Å². The number of ether oxygens (including phenoxy) is 1. The van der Waals surface area contributed by atoms with Gasteiger partial charge in [0, 0.05) is 22.4 Å². The molecule has 0 aromatic heterocycles. The Morgan fingerprint density at radius 3 is 2.68 bits per heavy atom. The van der Waals surface area contributed by atoms with Crippen LogP contribution >= 0.6 is 15.9 Å². The Labute approximate surface area is 138 Å². The molecule has 0 heterocycles. The summed E-state index contributed by atoms with van der Waals surface area (Å²) >= 11 is 3.37. The zero-order valence-corrected chi connectivity index (χ0v) is 14.5. The lowest BCUT2D eigenvalue weighted by molar-refractivity contribution is -0.159. The Bertz CT molecular complexity index is 628. The first-order valence-corrected chi connectivity index (χ1v) is 8.01. The molecule has 1 saturated carbocycles. The second kappa shape index (κ2) is 6.32. The Balaban J connectivity index is 2.30. The Kier molecular flexibility index (Phi) is 4.85. The molecule has 22 heavy (non-hydrogen) atoms. The first-order chi connectivity index (χ1) is 10.3. The largest absolute Gasteiger partial charge is 0.468 e. The maximum absolute atomic E-state index is 12.8. The number of rotatable bonds is 3. The van der Waals surface area contributed by atoms with Crippen LogP contribution in [0.25, 0.3) is 0 Å². The van der Waals surface area contributed by atoms with E-state index in [9.17, 15) is 14.4 Å². The lowest BCUT2D eigenvalue weighted by Crippen LogP contribution is -2.44. The van der Waals surface area contributed by atoms with Crippen molar-refractivity contribution in [2.75, 3.05) is 7.11 Å². The van der Waals surface area contributed by atoms with Gasteiger partial charge in [-0.25, -0.2) is 0 Å². The van der Waals surface area contributed by atoms with Gasteiger partial charge < -0.3 is 4.74 Å². The van der Waals surface area contributed by atoms with Gasteiger partial charge in [0.1, 0.15) is 11.2 Å². The van der Waals surface area contributed by atoms with Crippen LogP contribution in [0.5, 0.6) is 0 Å². The van der Waals surface area contributed by atoms with Crippen molar-refractivity contribution in [2.45, 2.75) is 33.1 Å². The van der Waals surface area contributed by atoms with E-state index < -0.39 is 11.4 Å². The quantitative estimate of drug-likeness (QED) is 0.466. The summed E-state index contributed by atoms with van der Waals surface area (Å²) in [7, 11) is 1.27. The molecule has 0 saturated heterocycles. The molecule has 0 radical (unpaired) electrons. The van der Waals surface area contributed by atoms with Crippen LogP contribution in [0.2, 0.25) is 0 Å². The van der Waals surface area contributed by atoms with Gasteiger partial charge in [-0.05, 0) is 44.4 Å². The molecule has 0 spiro atoms. The van der Waals surface area contributed by atoms with E-state index in [1.165, 1.54) is 7.11 Å². The number of carbonyl (C=O) groups excluding carboxylic acids is 3. The van der Waals surface area contributed by atoms with Gasteiger partial charge in [-0.1, -0.05) is 22.0 Å². The predicted octanol–water partition coefficient (Wildman–Crippen LogP) is 3.49. The van der Waals surface area contributed by atoms with E-state index in [1.807, 2.05) is 19.1 Å². The summed E-state index contributed by atoms with van der Waals surface area (Å²) in [6.07, 6.45) is 0.925. The van der Waals surface area contributed by atoms with Gasteiger partial charge in [-0.15, -0.1) is 0 Å². The fourth-order valence-corrected chi connectivity index (χ4v) is 3.38. The fourth-order valence-electron chi connectivity index (χ4n) is 3.02. The third kappa shape index (κ3) is 3.00. The van der Waals surface area contributed by atoms with Crippen LogP contribution in [0.15, 0.2) is 22.7 Å². The van der Waals surface area contributed by atoms with Crippen LogP contribution in [0, 0.1) is 18.3 Å². The fraction of sp³-hybridized carbons (Fsp3) is 0.471. The highest BCUT2D eigenvalue weighted by Crippen LogP contribution is 2.39. The molecule has 0 amide bonds. The topological polar surface area (TPSA) is 60.4 Å². The minimum absolute atomic E-state index is 0.0126. The molecule has 2 atom stereocenters. The third-order valence-corrected chi connectivity index (χ3v) is 4.95. The van der Waals surface area contributed by atoms with Gasteiger partial charge in [-0.2, -0.15) is 0 Å². The smallest absolute Gasteiger partial charge is 0.319 e. The molecule has 5 heteroatoms. The molecule has 1 fully saturated rings. The molecule has 1 aromatic carbocycles. The first kappa shape index (κ1) is 16.9. The molecule has 1 aromatic rings. The number of aryl methyl sites for hydroxylation is 1. The summed E-state index contributed by atoms with van der Waals surface area (Å²) in [4.78, 5) is 36.9. The molecular weight excluding hydrogens is 348 g/mol. The van der Waals surface area contributed by atoms with Crippen molar-refractivity contribution in [3.8, 4) is 0 Å². The minimum Gasteiger partial charge on any atom is -0.468 e. The number of halogens is 1. The van der Waals surface area contributed by atoms with E-state index in [0.29, 0.717) is 12.0 Å². The van der Waals surface area contributed by atoms with Gasteiger partial charge in [0.25, 0.3) is 0 Å². The average Bonchev–Trinajstić information content (AvgIpc) is 2.50. The number of esters is 1. The summed E-state index contributed by atoms with van der Waals surface area (Å²) < 4.78 is 5.60. The summed E-state index contributed by atoms with van der Waals surface area (Å²) in [5, 5.41) is 0. The molecule has 1 aliphatic carbocycles. The van der Waals surface area contributed by atoms with Crippen molar-refractivity contribution in [3.63, 3.8) is 0 Å². The third-order valence-electron chi connectivity index (χ3n) is 4.46. The van der Waals surface area contributed by atoms with Crippen LogP contribution in [0.4, 0.5) is 0 Å². The number of hydrogen-bond donors (Lipinski definition) is 0. The number of hydrogen-bond acceptors (Lipinski definition) is 4. The van der Waals surface area contributed by atoms with E-state index in [-0.39, 0.29) is 30.3 Å². The lowest BCUT2D eigenvalue weighted by atomic mass is 9.68. The van der Waals surface area contributed by atoms with Gasteiger partial charge in [0.2, 0.25) is 0 Å². The van der Waals surface area contributed by atoms with Crippen molar-refractivity contribution >= 4 is 33.5 Å². The number of ketones is 2. The summed E-state index contributed by atoms with van der Waals surface area (Å²) in [6.45, 7) is 3.46. The molecule has 0 aliphatic heterocycles. The summed E-state index contributed by atoms with van der Waals surface area (Å²) in [5.74, 6) is -1.05. The van der Waals surface area contributed by atoms with Crippen LogP contribution in [0.1, 0.15) is 42.1 Å². The Morgan fingerprint density at radius 2 is 2.05 bits per heavy atom. The molecule has 2 unspecified atom stereocenters.